The quantitative estimate of drug-likeness (QED) is 0.829. The van der Waals surface area contributed by atoms with Crippen LogP contribution in [0.15, 0.2) is 24.3 Å². The molecule has 106 valence electrons. The summed E-state index contributed by atoms with van der Waals surface area (Å²) in [5.74, 6) is 0.874. The predicted molar refractivity (Wildman–Crippen MR) is 77.3 cm³/mol. The van der Waals surface area contributed by atoms with Crippen LogP contribution in [0.3, 0.4) is 0 Å². The first-order valence-electron chi connectivity index (χ1n) is 7.36. The van der Waals surface area contributed by atoms with Crippen LogP contribution in [-0.2, 0) is 6.42 Å². The fraction of sp³-hybridized carbons (Fsp3) is 0.625. The molecule has 3 heteroatoms. The third-order valence-corrected chi connectivity index (χ3v) is 3.95. The van der Waals surface area contributed by atoms with Crippen LogP contribution in [0.4, 0.5) is 0 Å². The highest BCUT2D eigenvalue weighted by Crippen LogP contribution is 2.32. The van der Waals surface area contributed by atoms with E-state index < -0.39 is 5.60 Å². The second kappa shape index (κ2) is 6.92. The second-order valence-electron chi connectivity index (χ2n) is 5.57. The van der Waals surface area contributed by atoms with Crippen molar-refractivity contribution >= 4 is 0 Å². The summed E-state index contributed by atoms with van der Waals surface area (Å²) >= 11 is 0. The first-order chi connectivity index (χ1) is 9.22. The van der Waals surface area contributed by atoms with E-state index in [4.69, 9.17) is 10.5 Å². The van der Waals surface area contributed by atoms with Crippen LogP contribution < -0.4 is 10.5 Å². The Bertz CT molecular complexity index is 386. The molecule has 1 aromatic rings. The van der Waals surface area contributed by atoms with Gasteiger partial charge in [-0.3, -0.25) is 0 Å². The molecule has 2 rings (SSSR count). The van der Waals surface area contributed by atoms with Gasteiger partial charge in [-0.1, -0.05) is 31.4 Å². The Labute approximate surface area is 115 Å². The van der Waals surface area contributed by atoms with Crippen LogP contribution in [-0.4, -0.2) is 23.9 Å². The van der Waals surface area contributed by atoms with E-state index in [1.165, 1.54) is 12.0 Å². The molecule has 0 bridgehead atoms. The summed E-state index contributed by atoms with van der Waals surface area (Å²) in [6.45, 7) is 1.08. The van der Waals surface area contributed by atoms with Gasteiger partial charge in [0.15, 0.2) is 0 Å². The van der Waals surface area contributed by atoms with Gasteiger partial charge in [0.1, 0.15) is 12.4 Å². The van der Waals surface area contributed by atoms with E-state index in [1.54, 1.807) is 0 Å². The van der Waals surface area contributed by atoms with Gasteiger partial charge < -0.3 is 15.6 Å². The maximum atomic E-state index is 10.5. The van der Waals surface area contributed by atoms with Gasteiger partial charge in [-0.05, 0) is 43.4 Å². The number of ether oxygens (including phenoxy) is 1. The average Bonchev–Trinajstić information content (AvgIpc) is 2.44. The summed E-state index contributed by atoms with van der Waals surface area (Å²) in [4.78, 5) is 0. The highest BCUT2D eigenvalue weighted by molar-refractivity contribution is 5.28. The maximum absolute atomic E-state index is 10.5. The molecule has 3 nitrogen and oxygen atoms in total. The van der Waals surface area contributed by atoms with Crippen molar-refractivity contribution in [3.05, 3.63) is 29.8 Å². The van der Waals surface area contributed by atoms with Crippen LogP contribution in [0, 0.1) is 0 Å². The SMILES string of the molecule is NCCOc1cccc(CCC2(O)CCCCC2)c1. The van der Waals surface area contributed by atoms with Gasteiger partial charge in [0, 0.05) is 6.54 Å². The number of rotatable bonds is 6. The summed E-state index contributed by atoms with van der Waals surface area (Å²) in [5.41, 5.74) is 6.22. The van der Waals surface area contributed by atoms with Gasteiger partial charge in [0.05, 0.1) is 5.60 Å². The Balaban J connectivity index is 1.88. The number of aryl methyl sites for hydroxylation is 1. The molecule has 0 heterocycles. The molecule has 0 unspecified atom stereocenters. The van der Waals surface area contributed by atoms with Crippen molar-refractivity contribution in [1.29, 1.82) is 0 Å². The Morgan fingerprint density at radius 3 is 2.74 bits per heavy atom. The minimum absolute atomic E-state index is 0.438. The van der Waals surface area contributed by atoms with E-state index in [9.17, 15) is 5.11 Å². The fourth-order valence-corrected chi connectivity index (χ4v) is 2.80. The monoisotopic (exact) mass is 263 g/mol. The molecule has 1 aliphatic rings. The van der Waals surface area contributed by atoms with Gasteiger partial charge in [0.2, 0.25) is 0 Å². The third kappa shape index (κ3) is 4.51. The highest BCUT2D eigenvalue weighted by Gasteiger charge is 2.28. The number of aliphatic hydroxyl groups is 1. The number of hydrogen-bond acceptors (Lipinski definition) is 3. The van der Waals surface area contributed by atoms with Gasteiger partial charge >= 0.3 is 0 Å². The maximum Gasteiger partial charge on any atom is 0.119 e. The summed E-state index contributed by atoms with van der Waals surface area (Å²) < 4.78 is 5.53. The summed E-state index contributed by atoms with van der Waals surface area (Å²) in [5, 5.41) is 10.5. The lowest BCUT2D eigenvalue weighted by Crippen LogP contribution is -2.31. The molecule has 0 saturated heterocycles. The van der Waals surface area contributed by atoms with Gasteiger partial charge in [-0.15, -0.1) is 0 Å². The highest BCUT2D eigenvalue weighted by atomic mass is 16.5. The molecule has 0 atom stereocenters. The molecule has 1 aliphatic carbocycles. The first kappa shape index (κ1) is 14.4. The van der Waals surface area contributed by atoms with E-state index in [-0.39, 0.29) is 0 Å². The largest absolute Gasteiger partial charge is 0.492 e. The van der Waals surface area contributed by atoms with Crippen LogP contribution >= 0.6 is 0 Å². The van der Waals surface area contributed by atoms with Crippen molar-refractivity contribution in [2.75, 3.05) is 13.2 Å². The zero-order valence-electron chi connectivity index (χ0n) is 11.6. The molecule has 0 radical (unpaired) electrons. The summed E-state index contributed by atoms with van der Waals surface area (Å²) in [6, 6.07) is 8.12. The standard InChI is InChI=1S/C16H25NO2/c17-11-12-19-15-6-4-5-14(13-15)7-10-16(18)8-2-1-3-9-16/h4-6,13,18H,1-3,7-12,17H2. The van der Waals surface area contributed by atoms with Crippen molar-refractivity contribution in [3.8, 4) is 5.75 Å². The minimum atomic E-state index is -0.438. The molecule has 1 aromatic carbocycles. The van der Waals surface area contributed by atoms with Gasteiger partial charge in [-0.25, -0.2) is 0 Å². The van der Waals surface area contributed by atoms with Crippen molar-refractivity contribution < 1.29 is 9.84 Å². The van der Waals surface area contributed by atoms with Crippen molar-refractivity contribution in [3.63, 3.8) is 0 Å². The predicted octanol–water partition coefficient (Wildman–Crippen LogP) is 2.65. The van der Waals surface area contributed by atoms with Crippen molar-refractivity contribution in [2.24, 2.45) is 5.73 Å². The lowest BCUT2D eigenvalue weighted by atomic mass is 9.81. The van der Waals surface area contributed by atoms with Crippen molar-refractivity contribution in [2.45, 2.75) is 50.5 Å². The molecule has 0 spiro atoms. The topological polar surface area (TPSA) is 55.5 Å². The van der Waals surface area contributed by atoms with Crippen LogP contribution in [0.2, 0.25) is 0 Å². The minimum Gasteiger partial charge on any atom is -0.492 e. The Kier molecular flexibility index (Phi) is 5.23. The van der Waals surface area contributed by atoms with Crippen LogP contribution in [0.25, 0.3) is 0 Å². The second-order valence-corrected chi connectivity index (χ2v) is 5.57. The molecular formula is C16H25NO2. The molecule has 0 aromatic heterocycles. The van der Waals surface area contributed by atoms with E-state index in [2.05, 4.69) is 12.1 Å². The summed E-state index contributed by atoms with van der Waals surface area (Å²) in [6.07, 6.45) is 7.27. The van der Waals surface area contributed by atoms with Gasteiger partial charge in [-0.2, -0.15) is 0 Å². The smallest absolute Gasteiger partial charge is 0.119 e. The summed E-state index contributed by atoms with van der Waals surface area (Å²) in [7, 11) is 0. The van der Waals surface area contributed by atoms with Crippen LogP contribution in [0.5, 0.6) is 5.75 Å². The number of hydrogen-bond donors (Lipinski definition) is 2. The average molecular weight is 263 g/mol. The fourth-order valence-electron chi connectivity index (χ4n) is 2.80. The van der Waals surface area contributed by atoms with E-state index in [1.807, 2.05) is 12.1 Å². The lowest BCUT2D eigenvalue weighted by molar-refractivity contribution is -0.00343. The van der Waals surface area contributed by atoms with E-state index in [0.29, 0.717) is 13.2 Å². The van der Waals surface area contributed by atoms with Crippen LogP contribution in [0.1, 0.15) is 44.1 Å². The lowest BCUT2D eigenvalue weighted by Gasteiger charge is -2.32. The molecule has 0 amide bonds. The Hall–Kier alpha value is -1.06. The Morgan fingerprint density at radius 2 is 2.00 bits per heavy atom. The normalized spacial score (nSPS) is 18.2. The van der Waals surface area contributed by atoms with Crippen molar-refractivity contribution in [1.82, 2.24) is 0 Å². The Morgan fingerprint density at radius 1 is 1.21 bits per heavy atom. The van der Waals surface area contributed by atoms with E-state index >= 15 is 0 Å². The molecule has 3 N–H and O–H groups in total. The first-order valence-corrected chi connectivity index (χ1v) is 7.36. The molecular weight excluding hydrogens is 238 g/mol. The number of benzene rings is 1. The van der Waals surface area contributed by atoms with E-state index in [0.717, 1.165) is 44.3 Å². The van der Waals surface area contributed by atoms with Gasteiger partial charge in [0.25, 0.3) is 0 Å². The number of nitrogens with two attached hydrogens (primary N) is 1. The zero-order chi connectivity index (χ0) is 13.6. The molecule has 1 fully saturated rings. The molecule has 19 heavy (non-hydrogen) atoms. The zero-order valence-corrected chi connectivity index (χ0v) is 11.6. The molecule has 0 aliphatic heterocycles. The molecule has 1 saturated carbocycles. The third-order valence-electron chi connectivity index (χ3n) is 3.95.